The number of aromatic nitrogens is 3. The Hall–Kier alpha value is -2.95. The highest BCUT2D eigenvalue weighted by molar-refractivity contribution is 7.15. The van der Waals surface area contributed by atoms with E-state index >= 15 is 0 Å². The van der Waals surface area contributed by atoms with Gasteiger partial charge in [-0.1, -0.05) is 0 Å². The maximum Gasteiger partial charge on any atom is 0.238 e. The molecule has 30 heavy (non-hydrogen) atoms. The van der Waals surface area contributed by atoms with Crippen LogP contribution in [-0.2, 0) is 16.1 Å². The molecule has 3 heterocycles. The SMILES string of the molecule is CC(=O)Nc1ncc(CN2CCN(CC(=O)Nc3ccc4nccnc4c3)CC2)s1. The number of nitrogens with one attached hydrogen (secondary N) is 2. The predicted octanol–water partition coefficient (Wildman–Crippen LogP) is 1.80. The van der Waals surface area contributed by atoms with Crippen LogP contribution in [0.15, 0.2) is 36.8 Å². The van der Waals surface area contributed by atoms with Gasteiger partial charge in [-0.2, -0.15) is 0 Å². The standard InChI is InChI=1S/C20H23N7O2S/c1-14(28)24-20-23-11-16(30-20)12-26-6-8-27(9-7-26)13-19(29)25-15-2-3-17-18(10-15)22-5-4-21-17/h2-5,10-11H,6-9,12-13H2,1H3,(H,25,29)(H,23,24,28). The van der Waals surface area contributed by atoms with E-state index < -0.39 is 0 Å². The molecule has 1 aliphatic rings. The summed E-state index contributed by atoms with van der Waals surface area (Å²) < 4.78 is 0. The molecule has 10 heteroatoms. The second-order valence-electron chi connectivity index (χ2n) is 7.17. The highest BCUT2D eigenvalue weighted by Crippen LogP contribution is 2.20. The number of fused-ring (bicyclic) bond motifs is 1. The Balaban J connectivity index is 1.23. The molecule has 1 aromatic carbocycles. The van der Waals surface area contributed by atoms with Crippen LogP contribution >= 0.6 is 11.3 Å². The number of carbonyl (C=O) groups is 2. The molecule has 1 saturated heterocycles. The lowest BCUT2D eigenvalue weighted by Crippen LogP contribution is -2.48. The maximum atomic E-state index is 12.4. The number of benzene rings is 1. The molecule has 0 unspecified atom stereocenters. The number of carbonyl (C=O) groups excluding carboxylic acids is 2. The second-order valence-corrected chi connectivity index (χ2v) is 8.29. The molecule has 4 rings (SSSR count). The van der Waals surface area contributed by atoms with E-state index in [0.29, 0.717) is 11.7 Å². The monoisotopic (exact) mass is 425 g/mol. The van der Waals surface area contributed by atoms with E-state index in [1.54, 1.807) is 12.4 Å². The predicted molar refractivity (Wildman–Crippen MR) is 116 cm³/mol. The fourth-order valence-corrected chi connectivity index (χ4v) is 4.26. The normalized spacial score (nSPS) is 15.2. The number of rotatable bonds is 6. The first-order chi connectivity index (χ1) is 14.5. The van der Waals surface area contributed by atoms with Crippen LogP contribution in [0.3, 0.4) is 0 Å². The molecule has 0 atom stereocenters. The van der Waals surface area contributed by atoms with Crippen molar-refractivity contribution in [3.8, 4) is 0 Å². The lowest BCUT2D eigenvalue weighted by atomic mass is 10.2. The fourth-order valence-electron chi connectivity index (χ4n) is 3.36. The van der Waals surface area contributed by atoms with Gasteiger partial charge in [-0.25, -0.2) is 4.98 Å². The summed E-state index contributed by atoms with van der Waals surface area (Å²) in [7, 11) is 0. The van der Waals surface area contributed by atoms with Crippen LogP contribution in [0.1, 0.15) is 11.8 Å². The number of thiazole rings is 1. The van der Waals surface area contributed by atoms with Gasteiger partial charge in [0.2, 0.25) is 11.8 Å². The van der Waals surface area contributed by atoms with Gasteiger partial charge in [0, 0.05) is 68.8 Å². The maximum absolute atomic E-state index is 12.4. The van der Waals surface area contributed by atoms with Gasteiger partial charge in [-0.15, -0.1) is 11.3 Å². The molecule has 3 aromatic rings. The molecule has 2 aromatic heterocycles. The van der Waals surface area contributed by atoms with E-state index in [-0.39, 0.29) is 11.8 Å². The van der Waals surface area contributed by atoms with Crippen molar-refractivity contribution in [1.29, 1.82) is 0 Å². The van der Waals surface area contributed by atoms with Crippen molar-refractivity contribution in [2.24, 2.45) is 0 Å². The Morgan fingerprint density at radius 2 is 1.73 bits per heavy atom. The van der Waals surface area contributed by atoms with Crippen LogP contribution in [0.4, 0.5) is 10.8 Å². The van der Waals surface area contributed by atoms with Gasteiger partial charge in [-0.3, -0.25) is 29.4 Å². The third-order valence-electron chi connectivity index (χ3n) is 4.80. The highest BCUT2D eigenvalue weighted by Gasteiger charge is 2.20. The largest absolute Gasteiger partial charge is 0.325 e. The molecule has 2 amide bonds. The van der Waals surface area contributed by atoms with Crippen molar-refractivity contribution < 1.29 is 9.59 Å². The van der Waals surface area contributed by atoms with E-state index in [2.05, 4.69) is 35.4 Å². The van der Waals surface area contributed by atoms with Crippen LogP contribution < -0.4 is 10.6 Å². The molecule has 0 saturated carbocycles. The summed E-state index contributed by atoms with van der Waals surface area (Å²) in [5, 5.41) is 6.29. The summed E-state index contributed by atoms with van der Waals surface area (Å²) in [6.45, 7) is 6.06. The first-order valence-corrected chi connectivity index (χ1v) is 10.5. The van der Waals surface area contributed by atoms with Crippen LogP contribution in [-0.4, -0.2) is 69.3 Å². The van der Waals surface area contributed by atoms with Crippen molar-refractivity contribution in [2.75, 3.05) is 43.4 Å². The van der Waals surface area contributed by atoms with E-state index in [4.69, 9.17) is 0 Å². The molecular formula is C20H23N7O2S. The van der Waals surface area contributed by atoms with Crippen molar-refractivity contribution in [3.05, 3.63) is 41.7 Å². The lowest BCUT2D eigenvalue weighted by molar-refractivity contribution is -0.117. The van der Waals surface area contributed by atoms with Crippen molar-refractivity contribution in [2.45, 2.75) is 13.5 Å². The number of hydrogen-bond donors (Lipinski definition) is 2. The Bertz CT molecular complexity index is 1050. The summed E-state index contributed by atoms with van der Waals surface area (Å²) in [6, 6.07) is 5.53. The third-order valence-corrected chi connectivity index (χ3v) is 5.70. The van der Waals surface area contributed by atoms with Crippen LogP contribution in [0.5, 0.6) is 0 Å². The fraction of sp³-hybridized carbons (Fsp3) is 0.350. The third kappa shape index (κ3) is 5.35. The summed E-state index contributed by atoms with van der Waals surface area (Å²) in [5.41, 5.74) is 2.29. The van der Waals surface area contributed by atoms with E-state index in [1.165, 1.54) is 18.3 Å². The van der Waals surface area contributed by atoms with Crippen LogP contribution in [0.25, 0.3) is 11.0 Å². The van der Waals surface area contributed by atoms with Crippen molar-refractivity contribution in [3.63, 3.8) is 0 Å². The Morgan fingerprint density at radius 1 is 1.00 bits per heavy atom. The Kier molecular flexibility index (Phi) is 6.26. The minimum atomic E-state index is -0.112. The smallest absolute Gasteiger partial charge is 0.238 e. The topological polar surface area (TPSA) is 103 Å². The quantitative estimate of drug-likeness (QED) is 0.621. The molecule has 1 fully saturated rings. The van der Waals surface area contributed by atoms with E-state index in [0.717, 1.165) is 54.3 Å². The molecule has 2 N–H and O–H groups in total. The van der Waals surface area contributed by atoms with Crippen LogP contribution in [0.2, 0.25) is 0 Å². The zero-order valence-corrected chi connectivity index (χ0v) is 17.5. The minimum absolute atomic E-state index is 0.0332. The number of amides is 2. The van der Waals surface area contributed by atoms with Gasteiger partial charge in [0.1, 0.15) is 0 Å². The van der Waals surface area contributed by atoms with Gasteiger partial charge >= 0.3 is 0 Å². The summed E-state index contributed by atoms with van der Waals surface area (Å²) >= 11 is 1.50. The molecule has 0 spiro atoms. The molecule has 0 aliphatic carbocycles. The molecule has 1 aliphatic heterocycles. The Morgan fingerprint density at radius 3 is 2.50 bits per heavy atom. The molecule has 156 valence electrons. The average molecular weight is 426 g/mol. The van der Waals surface area contributed by atoms with Crippen LogP contribution in [0, 0.1) is 0 Å². The van der Waals surface area contributed by atoms with Gasteiger partial charge in [-0.05, 0) is 18.2 Å². The highest BCUT2D eigenvalue weighted by atomic mass is 32.1. The summed E-state index contributed by atoms with van der Waals surface area (Å²) in [4.78, 5) is 41.9. The zero-order chi connectivity index (χ0) is 20.9. The summed E-state index contributed by atoms with van der Waals surface area (Å²) in [6.07, 6.45) is 5.10. The zero-order valence-electron chi connectivity index (χ0n) is 16.7. The first-order valence-electron chi connectivity index (χ1n) is 9.73. The van der Waals surface area contributed by atoms with Gasteiger partial charge in [0.05, 0.1) is 17.6 Å². The lowest BCUT2D eigenvalue weighted by Gasteiger charge is -2.33. The number of piperazine rings is 1. The summed E-state index contributed by atoms with van der Waals surface area (Å²) in [5.74, 6) is -0.145. The average Bonchev–Trinajstić information content (AvgIpc) is 3.15. The molecule has 0 radical (unpaired) electrons. The number of hydrogen-bond acceptors (Lipinski definition) is 8. The second kappa shape index (κ2) is 9.24. The first kappa shape index (κ1) is 20.3. The Labute approximate surface area is 178 Å². The van der Waals surface area contributed by atoms with Crippen molar-refractivity contribution >= 4 is 45.0 Å². The van der Waals surface area contributed by atoms with Crippen molar-refractivity contribution in [1.82, 2.24) is 24.8 Å². The number of anilines is 2. The minimum Gasteiger partial charge on any atom is -0.325 e. The van der Waals surface area contributed by atoms with Gasteiger partial charge in [0.15, 0.2) is 5.13 Å². The molecule has 0 bridgehead atoms. The number of nitrogens with zero attached hydrogens (tertiary/aromatic N) is 5. The van der Waals surface area contributed by atoms with E-state index in [9.17, 15) is 9.59 Å². The van der Waals surface area contributed by atoms with Gasteiger partial charge in [0.25, 0.3) is 0 Å². The van der Waals surface area contributed by atoms with E-state index in [1.807, 2.05) is 24.4 Å². The van der Waals surface area contributed by atoms with Gasteiger partial charge < -0.3 is 10.6 Å². The molecular weight excluding hydrogens is 402 g/mol. The molecule has 9 nitrogen and oxygen atoms in total.